The predicted octanol–water partition coefficient (Wildman–Crippen LogP) is 1.61. The first-order valence-electron chi connectivity index (χ1n) is 5.22. The van der Waals surface area contributed by atoms with Crippen LogP contribution < -0.4 is 0 Å². The number of nitrogens with zero attached hydrogens (tertiary/aromatic N) is 3. The van der Waals surface area contributed by atoms with Gasteiger partial charge in [0.2, 0.25) is 0 Å². The van der Waals surface area contributed by atoms with E-state index in [-0.39, 0.29) is 17.1 Å². The molecule has 0 saturated carbocycles. The van der Waals surface area contributed by atoms with Crippen LogP contribution in [0.15, 0.2) is 4.99 Å². The van der Waals surface area contributed by atoms with Gasteiger partial charge in [0, 0.05) is 5.75 Å². The Balaban J connectivity index is 2.44. The van der Waals surface area contributed by atoms with E-state index in [4.69, 9.17) is 0 Å². The molecule has 0 aromatic rings. The third-order valence-electron chi connectivity index (χ3n) is 4.19. The molecule has 86 valence electrons. The topological polar surface area (TPSA) is 39.1 Å². The number of hydroxylamine groups is 2. The first kappa shape index (κ1) is 11.2. The van der Waals surface area contributed by atoms with Crippen molar-refractivity contribution in [2.75, 3.05) is 12.8 Å². The summed E-state index contributed by atoms with van der Waals surface area (Å²) < 4.78 is 2.22. The van der Waals surface area contributed by atoms with Crippen molar-refractivity contribution in [3.05, 3.63) is 0 Å². The minimum absolute atomic E-state index is 0.114. The van der Waals surface area contributed by atoms with Gasteiger partial charge in [-0.05, 0) is 34.7 Å². The summed E-state index contributed by atoms with van der Waals surface area (Å²) in [6, 6.07) is 0.179. The Morgan fingerprint density at radius 3 is 2.67 bits per heavy atom. The number of hydrogen-bond acceptors (Lipinski definition) is 5. The van der Waals surface area contributed by atoms with E-state index in [2.05, 4.69) is 37.1 Å². The molecular weight excluding hydrogens is 210 g/mol. The van der Waals surface area contributed by atoms with Crippen LogP contribution in [-0.4, -0.2) is 50.3 Å². The number of likely N-dealkylation sites (N-methyl/N-ethyl adjacent to an activating group) is 1. The van der Waals surface area contributed by atoms with Gasteiger partial charge in [-0.1, -0.05) is 11.9 Å². The number of hydrogen-bond donors (Lipinski definition) is 1. The molecule has 1 fully saturated rings. The van der Waals surface area contributed by atoms with Crippen LogP contribution in [0, 0.1) is 0 Å². The molecule has 15 heavy (non-hydrogen) atoms. The summed E-state index contributed by atoms with van der Waals surface area (Å²) in [5, 5.41) is 11.5. The van der Waals surface area contributed by atoms with Crippen molar-refractivity contribution in [1.82, 2.24) is 9.37 Å². The van der Waals surface area contributed by atoms with Crippen LogP contribution in [0.1, 0.15) is 27.7 Å². The highest BCUT2D eigenvalue weighted by molar-refractivity contribution is 7.97. The van der Waals surface area contributed by atoms with Gasteiger partial charge in [-0.3, -0.25) is 10.2 Å². The number of aliphatic imine (C=N–C) groups is 1. The average Bonchev–Trinajstić information content (AvgIpc) is 2.39. The van der Waals surface area contributed by atoms with Crippen LogP contribution in [0.25, 0.3) is 0 Å². The second-order valence-corrected chi connectivity index (χ2v) is 6.14. The molecular formula is C10H19N3OS. The highest BCUT2D eigenvalue weighted by atomic mass is 32.2. The van der Waals surface area contributed by atoms with Crippen LogP contribution in [0.3, 0.4) is 0 Å². The quantitative estimate of drug-likeness (QED) is 0.641. The highest BCUT2D eigenvalue weighted by Gasteiger charge is 2.59. The fourth-order valence-corrected chi connectivity index (χ4v) is 3.68. The van der Waals surface area contributed by atoms with Gasteiger partial charge in [-0.25, -0.2) is 9.37 Å². The summed E-state index contributed by atoms with van der Waals surface area (Å²) in [6.45, 7) is 8.27. The van der Waals surface area contributed by atoms with Gasteiger partial charge < -0.3 is 0 Å². The van der Waals surface area contributed by atoms with Crippen LogP contribution in [0.2, 0.25) is 0 Å². The van der Waals surface area contributed by atoms with Gasteiger partial charge in [0.05, 0.1) is 11.6 Å². The molecule has 2 aliphatic rings. The van der Waals surface area contributed by atoms with Crippen molar-refractivity contribution in [1.29, 1.82) is 0 Å². The summed E-state index contributed by atoms with van der Waals surface area (Å²) in [4.78, 5) is 4.54. The summed E-state index contributed by atoms with van der Waals surface area (Å²) in [5.74, 6) is 1.66. The Morgan fingerprint density at radius 1 is 1.47 bits per heavy atom. The highest BCUT2D eigenvalue weighted by Crippen LogP contribution is 2.47. The number of fused-ring (bicyclic) bond motifs is 1. The number of amidine groups is 1. The van der Waals surface area contributed by atoms with E-state index in [1.54, 1.807) is 11.9 Å². The second-order valence-electron chi connectivity index (χ2n) is 5.00. The van der Waals surface area contributed by atoms with Crippen molar-refractivity contribution < 1.29 is 5.21 Å². The molecule has 2 unspecified atom stereocenters. The van der Waals surface area contributed by atoms with Crippen LogP contribution in [-0.2, 0) is 0 Å². The van der Waals surface area contributed by atoms with Crippen LogP contribution in [0.4, 0.5) is 0 Å². The summed E-state index contributed by atoms with van der Waals surface area (Å²) >= 11 is 1.79. The summed E-state index contributed by atoms with van der Waals surface area (Å²) in [7, 11) is 2.08. The smallest absolute Gasteiger partial charge is 0.121 e. The van der Waals surface area contributed by atoms with Crippen molar-refractivity contribution in [3.63, 3.8) is 0 Å². The molecule has 0 aliphatic carbocycles. The molecule has 0 radical (unpaired) electrons. The molecule has 1 saturated heterocycles. The van der Waals surface area contributed by atoms with Gasteiger partial charge in [-0.15, -0.1) is 0 Å². The zero-order valence-electron chi connectivity index (χ0n) is 9.98. The maximum atomic E-state index is 10.2. The second kappa shape index (κ2) is 3.12. The molecule has 4 nitrogen and oxygen atoms in total. The molecule has 0 aromatic carbocycles. The molecule has 2 heterocycles. The van der Waals surface area contributed by atoms with Crippen molar-refractivity contribution in [3.8, 4) is 0 Å². The summed E-state index contributed by atoms with van der Waals surface area (Å²) in [5.41, 5.74) is -0.437. The monoisotopic (exact) mass is 229 g/mol. The Kier molecular flexibility index (Phi) is 2.34. The molecule has 0 bridgehead atoms. The maximum absolute atomic E-state index is 10.2. The fourth-order valence-electron chi connectivity index (χ4n) is 2.41. The molecule has 0 spiro atoms. The summed E-state index contributed by atoms with van der Waals surface area (Å²) in [6.07, 6.45) is 0. The molecule has 0 aromatic heterocycles. The van der Waals surface area contributed by atoms with Gasteiger partial charge >= 0.3 is 0 Å². The molecule has 2 rings (SSSR count). The fraction of sp³-hybridized carbons (Fsp3) is 0.900. The van der Waals surface area contributed by atoms with E-state index in [0.717, 1.165) is 11.6 Å². The molecule has 0 amide bonds. The zero-order valence-corrected chi connectivity index (χ0v) is 10.8. The minimum atomic E-state index is -0.322. The van der Waals surface area contributed by atoms with Crippen molar-refractivity contribution in [2.24, 2.45) is 4.99 Å². The van der Waals surface area contributed by atoms with Crippen LogP contribution >= 0.6 is 11.9 Å². The standard InChI is InChI=1S/C10H19N3OS/c1-7-11-8-6-15-12(5)9(2,3)10(8,4)13(7)14/h8,14H,6H2,1-5H3. The van der Waals surface area contributed by atoms with Gasteiger partial charge in [-0.2, -0.15) is 0 Å². The maximum Gasteiger partial charge on any atom is 0.121 e. The zero-order chi connectivity index (χ0) is 11.4. The van der Waals surface area contributed by atoms with E-state index in [0.29, 0.717) is 0 Å². The lowest BCUT2D eigenvalue weighted by Crippen LogP contribution is -2.69. The Labute approximate surface area is 95.4 Å². The van der Waals surface area contributed by atoms with Crippen molar-refractivity contribution in [2.45, 2.75) is 44.8 Å². The lowest BCUT2D eigenvalue weighted by Gasteiger charge is -2.54. The average molecular weight is 229 g/mol. The van der Waals surface area contributed by atoms with Crippen LogP contribution in [0.5, 0.6) is 0 Å². The molecule has 2 atom stereocenters. The molecule has 1 N–H and O–H groups in total. The minimum Gasteiger partial charge on any atom is -0.287 e. The molecule has 2 aliphatic heterocycles. The van der Waals surface area contributed by atoms with Gasteiger partial charge in [0.15, 0.2) is 0 Å². The predicted molar refractivity (Wildman–Crippen MR) is 63.2 cm³/mol. The Hall–Kier alpha value is -0.260. The lowest BCUT2D eigenvalue weighted by atomic mass is 9.76. The largest absolute Gasteiger partial charge is 0.287 e. The van der Waals surface area contributed by atoms with Crippen molar-refractivity contribution >= 4 is 17.8 Å². The molecule has 5 heteroatoms. The van der Waals surface area contributed by atoms with E-state index < -0.39 is 0 Å². The van der Waals surface area contributed by atoms with E-state index in [1.807, 2.05) is 6.92 Å². The third kappa shape index (κ3) is 1.20. The van der Waals surface area contributed by atoms with E-state index >= 15 is 0 Å². The third-order valence-corrected chi connectivity index (χ3v) is 5.50. The Morgan fingerprint density at radius 2 is 2.07 bits per heavy atom. The first-order valence-corrected chi connectivity index (χ1v) is 6.16. The SMILES string of the molecule is CC1=NC2CSN(C)C(C)(C)C2(C)N1O. The number of rotatable bonds is 0. The lowest BCUT2D eigenvalue weighted by molar-refractivity contribution is -0.139. The van der Waals surface area contributed by atoms with Gasteiger partial charge in [0.1, 0.15) is 11.4 Å². The normalized spacial score (nSPS) is 40.3. The van der Waals surface area contributed by atoms with E-state index in [1.165, 1.54) is 5.06 Å². The first-order chi connectivity index (χ1) is 6.81. The Bertz CT molecular complexity index is 318. The van der Waals surface area contributed by atoms with E-state index in [9.17, 15) is 5.21 Å². The van der Waals surface area contributed by atoms with Gasteiger partial charge in [0.25, 0.3) is 0 Å².